The van der Waals surface area contributed by atoms with Gasteiger partial charge in [0.15, 0.2) is 4.90 Å². The van der Waals surface area contributed by atoms with Crippen molar-refractivity contribution in [3.05, 3.63) is 28.3 Å². The predicted octanol–water partition coefficient (Wildman–Crippen LogP) is 0.791. The maximum atomic E-state index is 11.2. The van der Waals surface area contributed by atoms with Crippen LogP contribution in [0.5, 0.6) is 0 Å². The third-order valence-corrected chi connectivity index (χ3v) is 3.68. The Bertz CT molecular complexity index is 595. The van der Waals surface area contributed by atoms with E-state index in [-0.39, 0.29) is 6.23 Å². The highest BCUT2D eigenvalue weighted by molar-refractivity contribution is 7.89. The third-order valence-electron chi connectivity index (χ3n) is 2.72. The lowest BCUT2D eigenvalue weighted by molar-refractivity contribution is -0.387. The Balaban J connectivity index is 2.33. The minimum absolute atomic E-state index is 0.208. The number of nitrogens with two attached hydrogens (primary N) is 1. The van der Waals surface area contributed by atoms with E-state index < -0.39 is 25.5 Å². The molecule has 1 aromatic carbocycles. The van der Waals surface area contributed by atoms with E-state index in [0.29, 0.717) is 12.3 Å². The zero-order valence-electron chi connectivity index (χ0n) is 9.90. The highest BCUT2D eigenvalue weighted by Crippen LogP contribution is 2.27. The molecule has 1 saturated heterocycles. The summed E-state index contributed by atoms with van der Waals surface area (Å²) in [5.74, 6) is 0. The van der Waals surface area contributed by atoms with Crippen LogP contribution in [0.3, 0.4) is 0 Å². The molecule has 0 radical (unpaired) electrons. The zero-order valence-corrected chi connectivity index (χ0v) is 10.7. The summed E-state index contributed by atoms with van der Waals surface area (Å²) in [6.07, 6.45) is 1.50. The number of hydrogen-bond acceptors (Lipinski definition) is 6. The average molecular weight is 287 g/mol. The Labute approximate surface area is 109 Å². The lowest BCUT2D eigenvalue weighted by Gasteiger charge is -2.13. The van der Waals surface area contributed by atoms with Crippen LogP contribution in [0.2, 0.25) is 0 Å². The van der Waals surface area contributed by atoms with Crippen molar-refractivity contribution in [3.8, 4) is 0 Å². The summed E-state index contributed by atoms with van der Waals surface area (Å²) in [7, 11) is -4.12. The summed E-state index contributed by atoms with van der Waals surface area (Å²) in [5.41, 5.74) is -0.128. The number of nitro benzene ring substituents is 1. The van der Waals surface area contributed by atoms with E-state index in [1.165, 1.54) is 6.07 Å². The van der Waals surface area contributed by atoms with Gasteiger partial charge >= 0.3 is 0 Å². The van der Waals surface area contributed by atoms with E-state index >= 15 is 0 Å². The Morgan fingerprint density at radius 2 is 2.21 bits per heavy atom. The number of ether oxygens (including phenoxy) is 1. The van der Waals surface area contributed by atoms with Gasteiger partial charge in [0.2, 0.25) is 10.0 Å². The van der Waals surface area contributed by atoms with Gasteiger partial charge in [0.25, 0.3) is 5.69 Å². The molecule has 0 aliphatic carbocycles. The monoisotopic (exact) mass is 287 g/mol. The smallest absolute Gasteiger partial charge is 0.291 e. The molecule has 1 fully saturated rings. The molecule has 0 amide bonds. The minimum Gasteiger partial charge on any atom is -0.360 e. The number of nitro groups is 1. The predicted molar refractivity (Wildman–Crippen MR) is 67.1 cm³/mol. The van der Waals surface area contributed by atoms with E-state index in [1.54, 1.807) is 0 Å². The zero-order chi connectivity index (χ0) is 14.0. The Kier molecular flexibility index (Phi) is 3.69. The van der Waals surface area contributed by atoms with Crippen LogP contribution in [0, 0.1) is 10.1 Å². The molecule has 1 aromatic rings. The maximum Gasteiger partial charge on any atom is 0.291 e. The molecule has 3 N–H and O–H groups in total. The second-order valence-electron chi connectivity index (χ2n) is 4.13. The molecule has 0 bridgehead atoms. The van der Waals surface area contributed by atoms with E-state index in [1.807, 2.05) is 0 Å². The molecule has 104 valence electrons. The van der Waals surface area contributed by atoms with Crippen molar-refractivity contribution in [3.63, 3.8) is 0 Å². The lowest BCUT2D eigenvalue weighted by Crippen LogP contribution is -2.18. The molecular formula is C10H13N3O5S. The molecule has 0 saturated carbocycles. The highest BCUT2D eigenvalue weighted by atomic mass is 32.2. The SMILES string of the molecule is NS(=O)(=O)c1ccc(N[C@H]2CCCO2)cc1[N+](=O)[O-]. The number of rotatable bonds is 4. The molecule has 1 atom stereocenters. The fourth-order valence-electron chi connectivity index (χ4n) is 1.87. The van der Waals surface area contributed by atoms with Crippen LogP contribution < -0.4 is 10.5 Å². The quantitative estimate of drug-likeness (QED) is 0.623. The minimum atomic E-state index is -4.12. The van der Waals surface area contributed by atoms with Gasteiger partial charge in [-0.3, -0.25) is 10.1 Å². The summed E-state index contributed by atoms with van der Waals surface area (Å²) in [5, 5.41) is 18.8. The second kappa shape index (κ2) is 5.11. The number of primary sulfonamides is 1. The number of nitrogens with one attached hydrogen (secondary N) is 1. The molecule has 9 heteroatoms. The number of benzene rings is 1. The molecular weight excluding hydrogens is 274 g/mol. The van der Waals surface area contributed by atoms with Crippen molar-refractivity contribution >= 4 is 21.4 Å². The average Bonchev–Trinajstić information content (AvgIpc) is 2.80. The van der Waals surface area contributed by atoms with Crippen LogP contribution >= 0.6 is 0 Å². The summed E-state index contributed by atoms with van der Waals surface area (Å²) in [6.45, 7) is 0.634. The van der Waals surface area contributed by atoms with Gasteiger partial charge in [-0.2, -0.15) is 0 Å². The van der Waals surface area contributed by atoms with Crippen molar-refractivity contribution < 1.29 is 18.1 Å². The van der Waals surface area contributed by atoms with Gasteiger partial charge in [-0.15, -0.1) is 0 Å². The van der Waals surface area contributed by atoms with Crippen molar-refractivity contribution in [2.45, 2.75) is 24.0 Å². The van der Waals surface area contributed by atoms with E-state index in [0.717, 1.165) is 25.0 Å². The molecule has 2 rings (SSSR count). The van der Waals surface area contributed by atoms with Crippen molar-refractivity contribution in [2.24, 2.45) is 5.14 Å². The van der Waals surface area contributed by atoms with Gasteiger partial charge in [-0.25, -0.2) is 13.6 Å². The molecule has 19 heavy (non-hydrogen) atoms. The molecule has 0 spiro atoms. The summed E-state index contributed by atoms with van der Waals surface area (Å²) < 4.78 is 27.8. The van der Waals surface area contributed by atoms with Crippen molar-refractivity contribution in [2.75, 3.05) is 11.9 Å². The van der Waals surface area contributed by atoms with E-state index in [4.69, 9.17) is 9.88 Å². The van der Waals surface area contributed by atoms with Gasteiger partial charge in [-0.1, -0.05) is 0 Å². The van der Waals surface area contributed by atoms with Crippen LogP contribution in [-0.4, -0.2) is 26.2 Å². The number of hydrogen-bond donors (Lipinski definition) is 2. The normalized spacial score (nSPS) is 19.3. The lowest BCUT2D eigenvalue weighted by atomic mass is 10.2. The topological polar surface area (TPSA) is 125 Å². The van der Waals surface area contributed by atoms with Crippen molar-refractivity contribution in [1.29, 1.82) is 0 Å². The highest BCUT2D eigenvalue weighted by Gasteiger charge is 2.24. The first-order valence-electron chi connectivity index (χ1n) is 5.57. The number of anilines is 1. The van der Waals surface area contributed by atoms with Crippen LogP contribution in [0.15, 0.2) is 23.1 Å². The Hall–Kier alpha value is -1.71. The Morgan fingerprint density at radius 3 is 2.74 bits per heavy atom. The van der Waals surface area contributed by atoms with Crippen LogP contribution in [0.25, 0.3) is 0 Å². The second-order valence-corrected chi connectivity index (χ2v) is 5.66. The summed E-state index contributed by atoms with van der Waals surface area (Å²) in [4.78, 5) is 9.60. The first kappa shape index (κ1) is 13.7. The Morgan fingerprint density at radius 1 is 1.47 bits per heavy atom. The molecule has 1 aliphatic rings. The fraction of sp³-hybridized carbons (Fsp3) is 0.400. The standard InChI is InChI=1S/C10H13N3O5S/c11-19(16,17)9-4-3-7(6-8(9)13(14)15)12-10-2-1-5-18-10/h3-4,6,10,12H,1-2,5H2,(H2,11,16,17)/t10-/m1/s1. The first-order chi connectivity index (χ1) is 8.88. The van der Waals surface area contributed by atoms with Crippen LogP contribution in [-0.2, 0) is 14.8 Å². The fourth-order valence-corrected chi connectivity index (χ4v) is 2.55. The summed E-state index contributed by atoms with van der Waals surface area (Å²) >= 11 is 0. The van der Waals surface area contributed by atoms with Crippen molar-refractivity contribution in [1.82, 2.24) is 0 Å². The number of nitrogens with zero attached hydrogens (tertiary/aromatic N) is 1. The maximum absolute atomic E-state index is 11.2. The largest absolute Gasteiger partial charge is 0.360 e. The third kappa shape index (κ3) is 3.19. The van der Waals surface area contributed by atoms with Gasteiger partial charge in [0.1, 0.15) is 6.23 Å². The van der Waals surface area contributed by atoms with Gasteiger partial charge in [0, 0.05) is 18.4 Å². The van der Waals surface area contributed by atoms with E-state index in [2.05, 4.69) is 5.32 Å². The summed E-state index contributed by atoms with van der Waals surface area (Å²) in [6, 6.07) is 3.68. The first-order valence-corrected chi connectivity index (χ1v) is 7.12. The van der Waals surface area contributed by atoms with Crippen LogP contribution in [0.1, 0.15) is 12.8 Å². The van der Waals surface area contributed by atoms with Crippen LogP contribution in [0.4, 0.5) is 11.4 Å². The van der Waals surface area contributed by atoms with E-state index in [9.17, 15) is 18.5 Å². The number of sulfonamides is 1. The molecule has 1 heterocycles. The molecule has 0 unspecified atom stereocenters. The van der Waals surface area contributed by atoms with Gasteiger partial charge in [-0.05, 0) is 25.0 Å². The molecule has 8 nitrogen and oxygen atoms in total. The van der Waals surface area contributed by atoms with Gasteiger partial charge < -0.3 is 10.1 Å². The molecule has 0 aromatic heterocycles. The van der Waals surface area contributed by atoms with Gasteiger partial charge in [0.05, 0.1) is 4.92 Å². The molecule has 1 aliphatic heterocycles.